The van der Waals surface area contributed by atoms with Gasteiger partial charge in [0.05, 0.1) is 5.02 Å². The third-order valence-electron chi connectivity index (χ3n) is 3.52. The number of rotatable bonds is 9. The van der Waals surface area contributed by atoms with E-state index in [1.54, 1.807) is 0 Å². The summed E-state index contributed by atoms with van der Waals surface area (Å²) in [4.78, 5) is 2.19. The minimum Gasteiger partial charge on any atom is -0.487 e. The van der Waals surface area contributed by atoms with Crippen LogP contribution in [0, 0.1) is 0 Å². The molecule has 0 fully saturated rings. The zero-order valence-electron chi connectivity index (χ0n) is 13.9. The zero-order valence-corrected chi connectivity index (χ0v) is 14.6. The second kappa shape index (κ2) is 9.56. The lowest BCUT2D eigenvalue weighted by molar-refractivity contribution is 0.306. The minimum absolute atomic E-state index is 0.530. The maximum absolute atomic E-state index is 6.32. The normalized spacial score (nSPS) is 11.0. The SMILES string of the molecule is CN(C)CCCNCc1ccc(OCc2ccccc2)c(Cl)c1. The molecule has 0 aliphatic rings. The van der Waals surface area contributed by atoms with Crippen molar-refractivity contribution in [2.24, 2.45) is 0 Å². The molecule has 0 saturated heterocycles. The second-order valence-electron chi connectivity index (χ2n) is 5.87. The van der Waals surface area contributed by atoms with Crippen LogP contribution in [0.25, 0.3) is 0 Å². The maximum Gasteiger partial charge on any atom is 0.138 e. The Morgan fingerprint density at radius 3 is 2.52 bits per heavy atom. The van der Waals surface area contributed by atoms with Crippen LogP contribution in [0.4, 0.5) is 0 Å². The molecular weight excluding hydrogens is 308 g/mol. The summed E-state index contributed by atoms with van der Waals surface area (Å²) in [6, 6.07) is 16.1. The average molecular weight is 333 g/mol. The lowest BCUT2D eigenvalue weighted by atomic mass is 10.2. The fraction of sp³-hybridized carbons (Fsp3) is 0.368. The lowest BCUT2D eigenvalue weighted by Crippen LogP contribution is -2.20. The van der Waals surface area contributed by atoms with Crippen molar-refractivity contribution in [3.05, 3.63) is 64.7 Å². The van der Waals surface area contributed by atoms with Crippen LogP contribution in [-0.4, -0.2) is 32.1 Å². The van der Waals surface area contributed by atoms with Crippen molar-refractivity contribution in [3.8, 4) is 5.75 Å². The van der Waals surface area contributed by atoms with Crippen molar-refractivity contribution in [3.63, 3.8) is 0 Å². The van der Waals surface area contributed by atoms with Crippen molar-refractivity contribution in [2.45, 2.75) is 19.6 Å². The molecule has 1 N–H and O–H groups in total. The number of benzene rings is 2. The highest BCUT2D eigenvalue weighted by Crippen LogP contribution is 2.26. The summed E-state index contributed by atoms with van der Waals surface area (Å²) in [5, 5.41) is 4.10. The van der Waals surface area contributed by atoms with Gasteiger partial charge >= 0.3 is 0 Å². The van der Waals surface area contributed by atoms with E-state index in [1.165, 1.54) is 5.56 Å². The predicted octanol–water partition coefficient (Wildman–Crippen LogP) is 3.96. The van der Waals surface area contributed by atoms with Gasteiger partial charge in [0, 0.05) is 6.54 Å². The Morgan fingerprint density at radius 2 is 1.83 bits per heavy atom. The summed E-state index contributed by atoms with van der Waals surface area (Å²) in [6.45, 7) is 3.46. The van der Waals surface area contributed by atoms with Crippen LogP contribution in [-0.2, 0) is 13.2 Å². The van der Waals surface area contributed by atoms with Gasteiger partial charge in [0.15, 0.2) is 0 Å². The molecule has 124 valence electrons. The first-order valence-corrected chi connectivity index (χ1v) is 8.33. The Morgan fingerprint density at radius 1 is 1.04 bits per heavy atom. The van der Waals surface area contributed by atoms with Crippen molar-refractivity contribution >= 4 is 11.6 Å². The topological polar surface area (TPSA) is 24.5 Å². The van der Waals surface area contributed by atoms with Gasteiger partial charge in [-0.15, -0.1) is 0 Å². The smallest absolute Gasteiger partial charge is 0.138 e. The molecule has 0 aliphatic carbocycles. The van der Waals surface area contributed by atoms with Crippen molar-refractivity contribution in [1.82, 2.24) is 10.2 Å². The molecule has 4 heteroatoms. The molecular formula is C19H25ClN2O. The summed E-state index contributed by atoms with van der Waals surface area (Å²) in [5.41, 5.74) is 2.31. The minimum atomic E-state index is 0.530. The molecule has 2 rings (SSSR count). The van der Waals surface area contributed by atoms with Crippen LogP contribution in [0.2, 0.25) is 5.02 Å². The molecule has 2 aromatic carbocycles. The van der Waals surface area contributed by atoms with Crippen LogP contribution in [0.15, 0.2) is 48.5 Å². The third-order valence-corrected chi connectivity index (χ3v) is 3.82. The maximum atomic E-state index is 6.32. The molecule has 0 unspecified atom stereocenters. The first-order chi connectivity index (χ1) is 11.1. The van der Waals surface area contributed by atoms with Crippen molar-refractivity contribution < 1.29 is 4.74 Å². The molecule has 23 heavy (non-hydrogen) atoms. The quantitative estimate of drug-likeness (QED) is 0.703. The zero-order chi connectivity index (χ0) is 16.5. The van der Waals surface area contributed by atoms with Gasteiger partial charge < -0.3 is 15.0 Å². The highest BCUT2D eigenvalue weighted by Gasteiger charge is 2.04. The van der Waals surface area contributed by atoms with Gasteiger partial charge in [-0.2, -0.15) is 0 Å². The average Bonchev–Trinajstić information content (AvgIpc) is 2.54. The van der Waals surface area contributed by atoms with E-state index in [-0.39, 0.29) is 0 Å². The number of ether oxygens (including phenoxy) is 1. The fourth-order valence-electron chi connectivity index (χ4n) is 2.26. The first-order valence-electron chi connectivity index (χ1n) is 7.96. The van der Waals surface area contributed by atoms with Gasteiger partial charge in [-0.05, 0) is 56.9 Å². The van der Waals surface area contributed by atoms with E-state index < -0.39 is 0 Å². The Hall–Kier alpha value is -1.55. The van der Waals surface area contributed by atoms with Crippen LogP contribution in [0.1, 0.15) is 17.5 Å². The molecule has 0 atom stereocenters. The molecule has 0 aliphatic heterocycles. The molecule has 0 amide bonds. The van der Waals surface area contributed by atoms with E-state index in [0.717, 1.165) is 37.4 Å². The summed E-state index contributed by atoms with van der Waals surface area (Å²) < 4.78 is 5.79. The van der Waals surface area contributed by atoms with Gasteiger partial charge in [-0.1, -0.05) is 48.0 Å². The van der Waals surface area contributed by atoms with Crippen molar-refractivity contribution in [2.75, 3.05) is 27.2 Å². The van der Waals surface area contributed by atoms with Crippen LogP contribution in [0.5, 0.6) is 5.75 Å². The molecule has 0 saturated carbocycles. The van der Waals surface area contributed by atoms with E-state index in [0.29, 0.717) is 11.6 Å². The first kappa shape index (κ1) is 17.8. The van der Waals surface area contributed by atoms with Gasteiger partial charge in [-0.3, -0.25) is 0 Å². The number of hydrogen-bond acceptors (Lipinski definition) is 3. The van der Waals surface area contributed by atoms with Crippen molar-refractivity contribution in [1.29, 1.82) is 0 Å². The largest absolute Gasteiger partial charge is 0.487 e. The van der Waals surface area contributed by atoms with Crippen LogP contribution >= 0.6 is 11.6 Å². The molecule has 0 radical (unpaired) electrons. The molecule has 3 nitrogen and oxygen atoms in total. The highest BCUT2D eigenvalue weighted by molar-refractivity contribution is 6.32. The number of hydrogen-bond donors (Lipinski definition) is 1. The Bertz CT molecular complexity index is 587. The summed E-state index contributed by atoms with van der Waals surface area (Å²) in [7, 11) is 4.18. The second-order valence-corrected chi connectivity index (χ2v) is 6.28. The monoisotopic (exact) mass is 332 g/mol. The third kappa shape index (κ3) is 6.61. The lowest BCUT2D eigenvalue weighted by Gasteiger charge is -2.11. The summed E-state index contributed by atoms with van der Waals surface area (Å²) >= 11 is 6.32. The number of nitrogens with zero attached hydrogens (tertiary/aromatic N) is 1. The Kier molecular flexibility index (Phi) is 7.40. The van der Waals surface area contributed by atoms with Gasteiger partial charge in [0.2, 0.25) is 0 Å². The van der Waals surface area contributed by atoms with Gasteiger partial charge in [0.1, 0.15) is 12.4 Å². The summed E-state index contributed by atoms with van der Waals surface area (Å²) in [6.07, 6.45) is 1.14. The highest BCUT2D eigenvalue weighted by atomic mass is 35.5. The Balaban J connectivity index is 1.78. The molecule has 0 heterocycles. The summed E-state index contributed by atoms with van der Waals surface area (Å²) in [5.74, 6) is 0.729. The number of halogens is 1. The molecule has 0 aromatic heterocycles. The van der Waals surface area contributed by atoms with Crippen LogP contribution < -0.4 is 10.1 Å². The van der Waals surface area contributed by atoms with Crippen LogP contribution in [0.3, 0.4) is 0 Å². The predicted molar refractivity (Wildman–Crippen MR) is 97.1 cm³/mol. The van der Waals surface area contributed by atoms with E-state index in [2.05, 4.69) is 30.4 Å². The fourth-order valence-corrected chi connectivity index (χ4v) is 2.52. The van der Waals surface area contributed by atoms with E-state index >= 15 is 0 Å². The Labute approximate surface area is 144 Å². The number of nitrogens with one attached hydrogen (secondary N) is 1. The molecule has 2 aromatic rings. The van der Waals surface area contributed by atoms with Gasteiger partial charge in [-0.25, -0.2) is 0 Å². The van der Waals surface area contributed by atoms with E-state index in [4.69, 9.17) is 16.3 Å². The molecule has 0 bridgehead atoms. The molecule has 0 spiro atoms. The van der Waals surface area contributed by atoms with E-state index in [9.17, 15) is 0 Å². The standard InChI is InChI=1S/C19H25ClN2O/c1-22(2)12-6-11-21-14-17-9-10-19(18(20)13-17)23-15-16-7-4-3-5-8-16/h3-5,7-10,13,21H,6,11-12,14-15H2,1-2H3. The van der Waals surface area contributed by atoms with Gasteiger partial charge in [0.25, 0.3) is 0 Å². The van der Waals surface area contributed by atoms with E-state index in [1.807, 2.05) is 42.5 Å².